The van der Waals surface area contributed by atoms with Crippen LogP contribution in [0.3, 0.4) is 0 Å². The fourth-order valence-electron chi connectivity index (χ4n) is 3.56. The highest BCUT2D eigenvalue weighted by Crippen LogP contribution is 2.36. The zero-order valence-electron chi connectivity index (χ0n) is 16.6. The third kappa shape index (κ3) is 3.65. The van der Waals surface area contributed by atoms with Crippen LogP contribution < -0.4 is 9.47 Å². The molecule has 152 valence electrons. The number of ether oxygens (including phenoxy) is 3. The largest absolute Gasteiger partial charge is 0.454 e. The van der Waals surface area contributed by atoms with Gasteiger partial charge in [0.15, 0.2) is 11.5 Å². The SMILES string of the molecule is COCCCN1C(=O)S/C(=C/c2cc(C)n(-c3ccc4c(c3)OCO4)c2C)C1=O. The molecular weight excluding hydrogens is 392 g/mol. The zero-order valence-corrected chi connectivity index (χ0v) is 17.4. The number of amides is 2. The maximum Gasteiger partial charge on any atom is 0.293 e. The van der Waals surface area contributed by atoms with Crippen molar-refractivity contribution in [3.8, 4) is 17.2 Å². The third-order valence-corrected chi connectivity index (χ3v) is 5.88. The van der Waals surface area contributed by atoms with Gasteiger partial charge < -0.3 is 18.8 Å². The Morgan fingerprint density at radius 2 is 1.97 bits per heavy atom. The van der Waals surface area contributed by atoms with Gasteiger partial charge in [-0.25, -0.2) is 0 Å². The van der Waals surface area contributed by atoms with E-state index in [0.717, 1.165) is 40.2 Å². The van der Waals surface area contributed by atoms with E-state index in [4.69, 9.17) is 14.2 Å². The Morgan fingerprint density at radius 3 is 2.76 bits per heavy atom. The van der Waals surface area contributed by atoms with E-state index < -0.39 is 0 Å². The second-order valence-corrected chi connectivity index (χ2v) is 7.87. The molecule has 8 heteroatoms. The quantitative estimate of drug-likeness (QED) is 0.528. The van der Waals surface area contributed by atoms with Crippen molar-refractivity contribution in [3.63, 3.8) is 0 Å². The van der Waals surface area contributed by atoms with Gasteiger partial charge in [0.05, 0.1) is 4.91 Å². The van der Waals surface area contributed by atoms with Crippen molar-refractivity contribution in [2.75, 3.05) is 27.1 Å². The Morgan fingerprint density at radius 1 is 1.17 bits per heavy atom. The van der Waals surface area contributed by atoms with E-state index in [-0.39, 0.29) is 17.9 Å². The summed E-state index contributed by atoms with van der Waals surface area (Å²) in [7, 11) is 1.60. The third-order valence-electron chi connectivity index (χ3n) is 4.98. The first kappa shape index (κ1) is 19.6. The normalized spacial score (nSPS) is 17.1. The van der Waals surface area contributed by atoms with Crippen molar-refractivity contribution < 1.29 is 23.8 Å². The van der Waals surface area contributed by atoms with E-state index in [2.05, 4.69) is 4.57 Å². The summed E-state index contributed by atoms with van der Waals surface area (Å²) in [5.41, 5.74) is 3.86. The number of rotatable bonds is 6. The van der Waals surface area contributed by atoms with Crippen LogP contribution in [0, 0.1) is 13.8 Å². The average Bonchev–Trinajstić information content (AvgIpc) is 3.34. The highest BCUT2D eigenvalue weighted by Gasteiger charge is 2.34. The van der Waals surface area contributed by atoms with E-state index in [1.165, 1.54) is 4.90 Å². The minimum Gasteiger partial charge on any atom is -0.454 e. The predicted octanol–water partition coefficient (Wildman–Crippen LogP) is 3.90. The number of hydrogen-bond acceptors (Lipinski definition) is 6. The van der Waals surface area contributed by atoms with Crippen molar-refractivity contribution in [2.24, 2.45) is 0 Å². The summed E-state index contributed by atoms with van der Waals surface area (Å²) in [6.45, 7) is 5.11. The molecule has 2 aliphatic rings. The Balaban J connectivity index is 1.61. The Bertz CT molecular complexity index is 1010. The standard InChI is InChI=1S/C21H22N2O5S/c1-13-9-15(10-19-20(24)22(21(25)29-19)7-4-8-26-3)14(2)23(13)16-5-6-17-18(11-16)28-12-27-17/h5-6,9-11H,4,7-8,12H2,1-3H3/b19-10+. The van der Waals surface area contributed by atoms with Crippen LogP contribution in [0.2, 0.25) is 0 Å². The summed E-state index contributed by atoms with van der Waals surface area (Å²) in [5, 5.41) is -0.234. The molecule has 0 N–H and O–H groups in total. The fraction of sp³-hybridized carbons (Fsp3) is 0.333. The molecule has 1 fully saturated rings. The minimum atomic E-state index is -0.246. The topological polar surface area (TPSA) is 70.0 Å². The summed E-state index contributed by atoms with van der Waals surface area (Å²) < 4.78 is 18.0. The van der Waals surface area contributed by atoms with Crippen molar-refractivity contribution >= 4 is 29.0 Å². The molecule has 4 rings (SSSR count). The lowest BCUT2D eigenvalue weighted by atomic mass is 10.2. The molecule has 2 amide bonds. The molecule has 0 bridgehead atoms. The molecule has 0 radical (unpaired) electrons. The van der Waals surface area contributed by atoms with Gasteiger partial charge in [-0.15, -0.1) is 0 Å². The summed E-state index contributed by atoms with van der Waals surface area (Å²) >= 11 is 0.983. The number of imide groups is 1. The number of nitrogens with zero attached hydrogens (tertiary/aromatic N) is 2. The van der Waals surface area contributed by atoms with Crippen LogP contribution >= 0.6 is 11.8 Å². The molecule has 0 unspecified atom stereocenters. The molecule has 2 aromatic rings. The maximum atomic E-state index is 12.7. The van der Waals surface area contributed by atoms with Gasteiger partial charge in [-0.3, -0.25) is 14.5 Å². The first-order valence-corrected chi connectivity index (χ1v) is 10.1. The highest BCUT2D eigenvalue weighted by molar-refractivity contribution is 8.18. The molecule has 3 heterocycles. The lowest BCUT2D eigenvalue weighted by Crippen LogP contribution is -2.29. The van der Waals surface area contributed by atoms with Gasteiger partial charge in [-0.2, -0.15) is 0 Å². The average molecular weight is 414 g/mol. The van der Waals surface area contributed by atoms with E-state index in [0.29, 0.717) is 30.2 Å². The molecular formula is C21H22N2O5S. The molecule has 0 saturated carbocycles. The minimum absolute atomic E-state index is 0.230. The van der Waals surface area contributed by atoms with Gasteiger partial charge in [0, 0.05) is 43.4 Å². The van der Waals surface area contributed by atoms with Crippen LogP contribution in [0.15, 0.2) is 29.2 Å². The number of aryl methyl sites for hydroxylation is 1. The predicted molar refractivity (Wildman–Crippen MR) is 111 cm³/mol. The van der Waals surface area contributed by atoms with Crippen molar-refractivity contribution in [1.29, 1.82) is 0 Å². The first-order valence-electron chi connectivity index (χ1n) is 9.33. The highest BCUT2D eigenvalue weighted by atomic mass is 32.2. The number of fused-ring (bicyclic) bond motifs is 1. The van der Waals surface area contributed by atoms with Gasteiger partial charge in [0.2, 0.25) is 6.79 Å². The van der Waals surface area contributed by atoms with Crippen LogP contribution in [0.25, 0.3) is 11.8 Å². The second-order valence-electron chi connectivity index (χ2n) is 6.88. The van der Waals surface area contributed by atoms with Crippen LogP contribution in [0.4, 0.5) is 4.79 Å². The number of carbonyl (C=O) groups is 2. The molecule has 0 aliphatic carbocycles. The molecule has 2 aliphatic heterocycles. The van der Waals surface area contributed by atoms with Crippen molar-refractivity contribution in [3.05, 3.63) is 46.1 Å². The number of hydrogen-bond donors (Lipinski definition) is 0. The van der Waals surface area contributed by atoms with Gasteiger partial charge in [-0.1, -0.05) is 0 Å². The van der Waals surface area contributed by atoms with E-state index >= 15 is 0 Å². The van der Waals surface area contributed by atoms with Crippen LogP contribution in [0.5, 0.6) is 11.5 Å². The smallest absolute Gasteiger partial charge is 0.293 e. The molecule has 0 atom stereocenters. The first-order chi connectivity index (χ1) is 14.0. The number of carbonyl (C=O) groups excluding carboxylic acids is 2. The Kier molecular flexibility index (Phi) is 5.38. The maximum absolute atomic E-state index is 12.7. The molecule has 0 spiro atoms. The van der Waals surface area contributed by atoms with Gasteiger partial charge in [-0.05, 0) is 61.9 Å². The zero-order chi connectivity index (χ0) is 20.5. The molecule has 1 aromatic heterocycles. The molecule has 29 heavy (non-hydrogen) atoms. The molecule has 1 aromatic carbocycles. The summed E-state index contributed by atoms with van der Waals surface area (Å²) in [5.74, 6) is 1.20. The monoisotopic (exact) mass is 414 g/mol. The van der Waals surface area contributed by atoms with Gasteiger partial charge in [0.1, 0.15) is 0 Å². The van der Waals surface area contributed by atoms with Crippen molar-refractivity contribution in [2.45, 2.75) is 20.3 Å². The van der Waals surface area contributed by atoms with Gasteiger partial charge >= 0.3 is 0 Å². The summed E-state index contributed by atoms with van der Waals surface area (Å²) in [6.07, 6.45) is 2.42. The Labute approximate surface area is 173 Å². The second kappa shape index (κ2) is 7.96. The lowest BCUT2D eigenvalue weighted by Gasteiger charge is -2.11. The summed E-state index contributed by atoms with van der Waals surface area (Å²) in [6, 6.07) is 7.82. The Hall–Kier alpha value is -2.71. The van der Waals surface area contributed by atoms with E-state index in [9.17, 15) is 9.59 Å². The fourth-order valence-corrected chi connectivity index (χ4v) is 4.41. The van der Waals surface area contributed by atoms with E-state index in [1.54, 1.807) is 13.2 Å². The van der Waals surface area contributed by atoms with Gasteiger partial charge in [0.25, 0.3) is 11.1 Å². The van der Waals surface area contributed by atoms with Crippen LogP contribution in [-0.4, -0.2) is 47.7 Å². The number of aromatic nitrogens is 1. The van der Waals surface area contributed by atoms with Crippen LogP contribution in [-0.2, 0) is 9.53 Å². The number of methoxy groups -OCH3 is 1. The lowest BCUT2D eigenvalue weighted by molar-refractivity contribution is -0.122. The molecule has 7 nitrogen and oxygen atoms in total. The summed E-state index contributed by atoms with van der Waals surface area (Å²) in [4.78, 5) is 26.6. The number of thioether (sulfide) groups is 1. The number of benzene rings is 1. The van der Waals surface area contributed by atoms with E-state index in [1.807, 2.05) is 38.1 Å². The van der Waals surface area contributed by atoms with Crippen molar-refractivity contribution in [1.82, 2.24) is 9.47 Å². The van der Waals surface area contributed by atoms with Crippen LogP contribution in [0.1, 0.15) is 23.4 Å². The molecule has 1 saturated heterocycles.